The predicted octanol–water partition coefficient (Wildman–Crippen LogP) is 2.36. The maximum Gasteiger partial charge on any atom is 0.387 e. The second kappa shape index (κ2) is 3.40. The molecule has 2 nitrogen and oxygen atoms in total. The summed E-state index contributed by atoms with van der Waals surface area (Å²) in [5.41, 5.74) is 0.684. The third-order valence-electron chi connectivity index (χ3n) is 1.98. The average molecular weight is 204 g/mol. The highest BCUT2D eigenvalue weighted by atomic mass is 19.3. The van der Waals surface area contributed by atoms with Crippen LogP contribution >= 0.6 is 0 Å². The molecule has 5 heteroatoms. The first kappa shape index (κ1) is 9.18. The monoisotopic (exact) mass is 204 g/mol. The summed E-state index contributed by atoms with van der Waals surface area (Å²) in [4.78, 5) is 0. The average Bonchev–Trinajstić information content (AvgIpc) is 2.57. The van der Waals surface area contributed by atoms with Gasteiger partial charge in [-0.25, -0.2) is 0 Å². The van der Waals surface area contributed by atoms with E-state index in [0.717, 1.165) is 0 Å². The van der Waals surface area contributed by atoms with Gasteiger partial charge in [0, 0.05) is 12.0 Å². The first-order valence-electron chi connectivity index (χ1n) is 4.07. The Hall–Kier alpha value is -1.39. The lowest BCUT2D eigenvalue weighted by Gasteiger charge is -2.07. The van der Waals surface area contributed by atoms with E-state index < -0.39 is 18.2 Å². The molecule has 2 rings (SSSR count). The smallest absolute Gasteiger partial charge is 0.387 e. The Morgan fingerprint density at radius 2 is 2.14 bits per heavy atom. The second-order valence-electron chi connectivity index (χ2n) is 2.84. The Labute approximate surface area is 78.2 Å². The highest BCUT2D eigenvalue weighted by Crippen LogP contribution is 2.34. The van der Waals surface area contributed by atoms with Crippen molar-refractivity contribution in [1.29, 1.82) is 0 Å². The van der Waals surface area contributed by atoms with Crippen LogP contribution in [0.3, 0.4) is 0 Å². The van der Waals surface area contributed by atoms with Crippen LogP contribution in [0, 0.1) is 5.82 Å². The molecule has 0 radical (unpaired) electrons. The van der Waals surface area contributed by atoms with E-state index in [1.165, 1.54) is 12.1 Å². The summed E-state index contributed by atoms with van der Waals surface area (Å²) in [6.07, 6.45) is 0.598. The Kier molecular flexibility index (Phi) is 2.23. The predicted molar refractivity (Wildman–Crippen MR) is 42.2 cm³/mol. The van der Waals surface area contributed by atoms with Gasteiger partial charge in [0.15, 0.2) is 11.5 Å². The van der Waals surface area contributed by atoms with E-state index in [2.05, 4.69) is 4.74 Å². The zero-order chi connectivity index (χ0) is 10.1. The fourth-order valence-electron chi connectivity index (χ4n) is 1.38. The summed E-state index contributed by atoms with van der Waals surface area (Å²) in [5, 5.41) is 0. The Bertz CT molecular complexity index is 352. The Morgan fingerprint density at radius 3 is 2.86 bits per heavy atom. The van der Waals surface area contributed by atoms with Gasteiger partial charge in [0.25, 0.3) is 0 Å². The van der Waals surface area contributed by atoms with Gasteiger partial charge >= 0.3 is 6.61 Å². The zero-order valence-electron chi connectivity index (χ0n) is 7.10. The topological polar surface area (TPSA) is 18.5 Å². The van der Waals surface area contributed by atoms with Gasteiger partial charge < -0.3 is 9.47 Å². The molecule has 0 aliphatic carbocycles. The molecule has 0 bridgehead atoms. The van der Waals surface area contributed by atoms with Crippen LogP contribution in [0.1, 0.15) is 5.56 Å². The zero-order valence-corrected chi connectivity index (χ0v) is 7.10. The van der Waals surface area contributed by atoms with E-state index in [-0.39, 0.29) is 5.75 Å². The van der Waals surface area contributed by atoms with Gasteiger partial charge in [0.05, 0.1) is 6.61 Å². The van der Waals surface area contributed by atoms with E-state index in [0.29, 0.717) is 18.6 Å². The van der Waals surface area contributed by atoms with Crippen molar-refractivity contribution in [3.63, 3.8) is 0 Å². The van der Waals surface area contributed by atoms with E-state index >= 15 is 0 Å². The van der Waals surface area contributed by atoms with Gasteiger partial charge in [-0.2, -0.15) is 13.2 Å². The number of fused-ring (bicyclic) bond motifs is 1. The number of halogens is 3. The van der Waals surface area contributed by atoms with Gasteiger partial charge in [-0.05, 0) is 6.07 Å². The van der Waals surface area contributed by atoms with Crippen LogP contribution in [0.2, 0.25) is 0 Å². The molecule has 0 aromatic heterocycles. The number of benzene rings is 1. The largest absolute Gasteiger partial charge is 0.490 e. The molecule has 0 atom stereocenters. The van der Waals surface area contributed by atoms with E-state index in [9.17, 15) is 13.2 Å². The van der Waals surface area contributed by atoms with E-state index in [1.54, 1.807) is 0 Å². The standard InChI is InChI=1S/C9H7F3O2/c10-7-6(14-9(11)12)2-1-5-3-4-13-8(5)7/h1-2,9H,3-4H2. The lowest BCUT2D eigenvalue weighted by atomic mass is 10.1. The number of hydrogen-bond donors (Lipinski definition) is 0. The molecule has 0 amide bonds. The van der Waals surface area contributed by atoms with Gasteiger partial charge in [-0.3, -0.25) is 0 Å². The number of alkyl halides is 2. The van der Waals surface area contributed by atoms with Crippen LogP contribution in [-0.4, -0.2) is 13.2 Å². The fourth-order valence-corrected chi connectivity index (χ4v) is 1.38. The molecule has 1 aliphatic heterocycles. The molecule has 1 aliphatic rings. The van der Waals surface area contributed by atoms with Crippen molar-refractivity contribution in [2.24, 2.45) is 0 Å². The first-order chi connectivity index (χ1) is 6.68. The SMILES string of the molecule is Fc1c(OC(F)F)ccc2c1OCC2. The van der Waals surface area contributed by atoms with Crippen molar-refractivity contribution in [2.75, 3.05) is 6.61 Å². The molecule has 0 saturated carbocycles. The number of rotatable bonds is 2. The van der Waals surface area contributed by atoms with Crippen LogP contribution in [0.4, 0.5) is 13.2 Å². The van der Waals surface area contributed by atoms with Crippen LogP contribution in [-0.2, 0) is 6.42 Å². The lowest BCUT2D eigenvalue weighted by molar-refractivity contribution is -0.0523. The second-order valence-corrected chi connectivity index (χ2v) is 2.84. The minimum atomic E-state index is -3.02. The molecule has 0 saturated heterocycles. The number of hydrogen-bond acceptors (Lipinski definition) is 2. The highest BCUT2D eigenvalue weighted by molar-refractivity contribution is 5.44. The molecule has 1 aromatic carbocycles. The van der Waals surface area contributed by atoms with Gasteiger partial charge in [0.2, 0.25) is 5.82 Å². The molecule has 0 fully saturated rings. The fraction of sp³-hybridized carbons (Fsp3) is 0.333. The molecular formula is C9H7F3O2. The Balaban J connectivity index is 2.35. The van der Waals surface area contributed by atoms with Crippen LogP contribution in [0.15, 0.2) is 12.1 Å². The molecule has 0 unspecified atom stereocenters. The summed E-state index contributed by atoms with van der Waals surface area (Å²) >= 11 is 0. The molecule has 0 N–H and O–H groups in total. The maximum absolute atomic E-state index is 13.4. The minimum absolute atomic E-state index is 0.0307. The van der Waals surface area contributed by atoms with Crippen molar-refractivity contribution >= 4 is 0 Å². The molecule has 0 spiro atoms. The third kappa shape index (κ3) is 1.49. The summed E-state index contributed by atoms with van der Waals surface area (Å²) in [7, 11) is 0. The van der Waals surface area contributed by atoms with Crippen molar-refractivity contribution in [1.82, 2.24) is 0 Å². The maximum atomic E-state index is 13.4. The van der Waals surface area contributed by atoms with Gasteiger partial charge in [0.1, 0.15) is 0 Å². The molecule has 76 valence electrons. The summed E-state index contributed by atoms with van der Waals surface area (Å²) in [5.74, 6) is -1.29. The quantitative estimate of drug-likeness (QED) is 0.736. The lowest BCUT2D eigenvalue weighted by Crippen LogP contribution is -2.04. The van der Waals surface area contributed by atoms with Crippen molar-refractivity contribution < 1.29 is 22.6 Å². The van der Waals surface area contributed by atoms with Crippen LogP contribution in [0.25, 0.3) is 0 Å². The van der Waals surface area contributed by atoms with E-state index in [4.69, 9.17) is 4.74 Å². The summed E-state index contributed by atoms with van der Waals surface area (Å²) in [6.45, 7) is -2.64. The molecular weight excluding hydrogens is 197 g/mol. The number of ether oxygens (including phenoxy) is 2. The Morgan fingerprint density at radius 1 is 1.36 bits per heavy atom. The van der Waals surface area contributed by atoms with E-state index in [1.807, 2.05) is 0 Å². The third-order valence-corrected chi connectivity index (χ3v) is 1.98. The summed E-state index contributed by atoms with van der Waals surface area (Å²) < 4.78 is 45.9. The van der Waals surface area contributed by atoms with Crippen molar-refractivity contribution in [2.45, 2.75) is 13.0 Å². The first-order valence-corrected chi connectivity index (χ1v) is 4.07. The summed E-state index contributed by atoms with van der Waals surface area (Å²) in [6, 6.07) is 2.72. The normalized spacial score (nSPS) is 14.0. The van der Waals surface area contributed by atoms with Gasteiger partial charge in [-0.1, -0.05) is 6.07 Å². The van der Waals surface area contributed by atoms with Gasteiger partial charge in [-0.15, -0.1) is 0 Å². The molecule has 14 heavy (non-hydrogen) atoms. The van der Waals surface area contributed by atoms with Crippen molar-refractivity contribution in [3.05, 3.63) is 23.5 Å². The van der Waals surface area contributed by atoms with Crippen LogP contribution < -0.4 is 9.47 Å². The van der Waals surface area contributed by atoms with Crippen LogP contribution in [0.5, 0.6) is 11.5 Å². The molecule has 1 aromatic rings. The molecule has 1 heterocycles. The van der Waals surface area contributed by atoms with Crippen molar-refractivity contribution in [3.8, 4) is 11.5 Å². The minimum Gasteiger partial charge on any atom is -0.490 e. The highest BCUT2D eigenvalue weighted by Gasteiger charge is 2.21.